The zero-order valence-electron chi connectivity index (χ0n) is 14.4. The SMILES string of the molecule is O=C(N/N=C/c1ccc(C(F)(F)F)cc1)Nc1cc(C(F)(F)F)cc(C(F)(F)F)c1. The van der Waals surface area contributed by atoms with Gasteiger partial charge in [0.1, 0.15) is 0 Å². The standard InChI is InChI=1S/C17H10F9N3O/c18-15(19,20)10-3-1-9(2-4-10)8-27-29-14(30)28-13-6-11(16(21,22)23)5-12(7-13)17(24,25)26/h1-8H,(H2,28,29,30)/b27-8+. The van der Waals surface area contributed by atoms with Crippen molar-refractivity contribution in [2.45, 2.75) is 18.5 Å². The first kappa shape index (κ1) is 23.0. The number of hydrazone groups is 1. The van der Waals surface area contributed by atoms with Gasteiger partial charge in [0.15, 0.2) is 0 Å². The summed E-state index contributed by atoms with van der Waals surface area (Å²) in [5.74, 6) is 0. The number of nitrogens with one attached hydrogen (secondary N) is 2. The second kappa shape index (κ2) is 8.24. The van der Waals surface area contributed by atoms with E-state index in [0.29, 0.717) is 12.1 Å². The Morgan fingerprint density at radius 1 is 0.733 bits per heavy atom. The van der Waals surface area contributed by atoms with Gasteiger partial charge in [-0.1, -0.05) is 12.1 Å². The van der Waals surface area contributed by atoms with Gasteiger partial charge in [0.25, 0.3) is 0 Å². The molecule has 13 heteroatoms. The summed E-state index contributed by atoms with van der Waals surface area (Å²) in [7, 11) is 0. The van der Waals surface area contributed by atoms with Crippen LogP contribution in [0.4, 0.5) is 50.0 Å². The predicted octanol–water partition coefficient (Wildman–Crippen LogP) is 5.90. The van der Waals surface area contributed by atoms with Crippen molar-refractivity contribution in [1.29, 1.82) is 0 Å². The van der Waals surface area contributed by atoms with E-state index >= 15 is 0 Å². The summed E-state index contributed by atoms with van der Waals surface area (Å²) in [6, 6.07) is 2.80. The second-order valence-electron chi connectivity index (χ2n) is 5.74. The summed E-state index contributed by atoms with van der Waals surface area (Å²) < 4.78 is 114. The van der Waals surface area contributed by atoms with Gasteiger partial charge in [-0.3, -0.25) is 0 Å². The summed E-state index contributed by atoms with van der Waals surface area (Å²) in [4.78, 5) is 11.7. The van der Waals surface area contributed by atoms with E-state index < -0.39 is 46.9 Å². The van der Waals surface area contributed by atoms with E-state index in [1.54, 1.807) is 10.7 Å². The molecule has 162 valence electrons. The fraction of sp³-hybridized carbons (Fsp3) is 0.176. The topological polar surface area (TPSA) is 53.5 Å². The van der Waals surface area contributed by atoms with Crippen molar-refractivity contribution in [3.63, 3.8) is 0 Å². The van der Waals surface area contributed by atoms with E-state index in [9.17, 15) is 44.3 Å². The number of hydrogen-bond donors (Lipinski definition) is 2. The number of nitrogens with zero attached hydrogens (tertiary/aromatic N) is 1. The number of amides is 2. The number of alkyl halides is 9. The molecule has 0 atom stereocenters. The molecule has 0 aromatic heterocycles. The number of carbonyl (C=O) groups excluding carboxylic acids is 1. The van der Waals surface area contributed by atoms with Crippen molar-refractivity contribution in [2.24, 2.45) is 5.10 Å². The van der Waals surface area contributed by atoms with Crippen LogP contribution < -0.4 is 10.7 Å². The summed E-state index contributed by atoms with van der Waals surface area (Å²) in [5, 5.41) is 5.13. The van der Waals surface area contributed by atoms with Crippen LogP contribution >= 0.6 is 0 Å². The molecule has 0 saturated heterocycles. The summed E-state index contributed by atoms with van der Waals surface area (Å²) >= 11 is 0. The van der Waals surface area contributed by atoms with Crippen molar-refractivity contribution in [1.82, 2.24) is 5.43 Å². The molecule has 0 bridgehead atoms. The Hall–Kier alpha value is -3.25. The molecule has 30 heavy (non-hydrogen) atoms. The van der Waals surface area contributed by atoms with Gasteiger partial charge in [0, 0.05) is 5.69 Å². The second-order valence-corrected chi connectivity index (χ2v) is 5.74. The van der Waals surface area contributed by atoms with Crippen LogP contribution in [0.25, 0.3) is 0 Å². The third kappa shape index (κ3) is 6.39. The van der Waals surface area contributed by atoms with Crippen molar-refractivity contribution in [3.8, 4) is 0 Å². The molecule has 0 unspecified atom stereocenters. The first-order valence-electron chi connectivity index (χ1n) is 7.73. The lowest BCUT2D eigenvalue weighted by molar-refractivity contribution is -0.143. The minimum atomic E-state index is -5.09. The number of rotatable bonds is 3. The minimum Gasteiger partial charge on any atom is -0.306 e. The van der Waals surface area contributed by atoms with Gasteiger partial charge in [-0.15, -0.1) is 0 Å². The molecule has 2 amide bonds. The Morgan fingerprint density at radius 3 is 1.63 bits per heavy atom. The van der Waals surface area contributed by atoms with Crippen LogP contribution in [0.2, 0.25) is 0 Å². The maximum Gasteiger partial charge on any atom is 0.416 e. The van der Waals surface area contributed by atoms with Gasteiger partial charge in [-0.05, 0) is 35.9 Å². The molecule has 0 aliphatic heterocycles. The monoisotopic (exact) mass is 443 g/mol. The Morgan fingerprint density at radius 2 is 1.20 bits per heavy atom. The van der Waals surface area contributed by atoms with E-state index in [1.807, 2.05) is 0 Å². The van der Waals surface area contributed by atoms with Crippen molar-refractivity contribution >= 4 is 17.9 Å². The molecule has 0 aliphatic rings. The predicted molar refractivity (Wildman–Crippen MR) is 87.6 cm³/mol. The van der Waals surface area contributed by atoms with Crippen LogP contribution in [0.3, 0.4) is 0 Å². The fourth-order valence-electron chi connectivity index (χ4n) is 2.11. The largest absolute Gasteiger partial charge is 0.416 e. The summed E-state index contributed by atoms with van der Waals surface area (Å²) in [6.45, 7) is 0. The van der Waals surface area contributed by atoms with E-state index in [-0.39, 0.29) is 11.6 Å². The van der Waals surface area contributed by atoms with E-state index in [2.05, 4.69) is 5.10 Å². The average Bonchev–Trinajstić information content (AvgIpc) is 2.59. The summed E-state index contributed by atoms with van der Waals surface area (Å²) in [6.07, 6.45) is -13.8. The van der Waals surface area contributed by atoms with Crippen LogP contribution in [0.15, 0.2) is 47.6 Å². The van der Waals surface area contributed by atoms with E-state index in [1.165, 1.54) is 0 Å². The van der Waals surface area contributed by atoms with E-state index in [0.717, 1.165) is 30.5 Å². The highest BCUT2D eigenvalue weighted by molar-refractivity contribution is 5.90. The van der Waals surface area contributed by atoms with Crippen LogP contribution in [0, 0.1) is 0 Å². The molecule has 0 heterocycles. The maximum absolute atomic E-state index is 12.8. The third-order valence-electron chi connectivity index (χ3n) is 3.46. The van der Waals surface area contributed by atoms with Gasteiger partial charge in [-0.2, -0.15) is 44.6 Å². The van der Waals surface area contributed by atoms with Crippen molar-refractivity contribution in [2.75, 3.05) is 5.32 Å². The molecule has 0 fully saturated rings. The first-order valence-corrected chi connectivity index (χ1v) is 7.73. The highest BCUT2D eigenvalue weighted by Crippen LogP contribution is 2.37. The molecular formula is C17H10F9N3O. The maximum atomic E-state index is 12.8. The zero-order chi connectivity index (χ0) is 22.7. The van der Waals surface area contributed by atoms with Crippen LogP contribution in [0.5, 0.6) is 0 Å². The smallest absolute Gasteiger partial charge is 0.306 e. The van der Waals surface area contributed by atoms with Gasteiger partial charge in [0.2, 0.25) is 0 Å². The Bertz CT molecular complexity index is 897. The molecule has 0 spiro atoms. The molecule has 0 aliphatic carbocycles. The Kier molecular flexibility index (Phi) is 6.33. The number of hydrogen-bond acceptors (Lipinski definition) is 2. The fourth-order valence-corrected chi connectivity index (χ4v) is 2.11. The highest BCUT2D eigenvalue weighted by Gasteiger charge is 2.37. The van der Waals surface area contributed by atoms with Crippen molar-refractivity contribution < 1.29 is 44.3 Å². The lowest BCUT2D eigenvalue weighted by Gasteiger charge is -2.14. The quantitative estimate of drug-likeness (QED) is 0.347. The molecule has 2 aromatic carbocycles. The first-order chi connectivity index (χ1) is 13.7. The van der Waals surface area contributed by atoms with Gasteiger partial charge < -0.3 is 5.32 Å². The van der Waals surface area contributed by atoms with E-state index in [4.69, 9.17) is 0 Å². The van der Waals surface area contributed by atoms with Crippen LogP contribution in [-0.2, 0) is 18.5 Å². The number of halogens is 9. The summed E-state index contributed by atoms with van der Waals surface area (Å²) in [5.41, 5.74) is -3.05. The molecular weight excluding hydrogens is 433 g/mol. The minimum absolute atomic E-state index is 0.105. The van der Waals surface area contributed by atoms with Gasteiger partial charge in [0.05, 0.1) is 22.9 Å². The zero-order valence-corrected chi connectivity index (χ0v) is 14.4. The number of carbonyl (C=O) groups is 1. The molecule has 2 rings (SSSR count). The number of benzene rings is 2. The molecule has 0 saturated carbocycles. The van der Waals surface area contributed by atoms with Gasteiger partial charge in [-0.25, -0.2) is 10.2 Å². The third-order valence-corrected chi connectivity index (χ3v) is 3.46. The lowest BCUT2D eigenvalue weighted by Crippen LogP contribution is -2.25. The van der Waals surface area contributed by atoms with Crippen LogP contribution in [-0.4, -0.2) is 12.2 Å². The molecule has 4 nitrogen and oxygen atoms in total. The lowest BCUT2D eigenvalue weighted by atomic mass is 10.1. The molecule has 2 aromatic rings. The van der Waals surface area contributed by atoms with Crippen molar-refractivity contribution in [3.05, 3.63) is 64.7 Å². The molecule has 2 N–H and O–H groups in total. The Labute approximate surface area is 162 Å². The molecule has 0 radical (unpaired) electrons. The normalized spacial score (nSPS) is 12.8. The Balaban J connectivity index is 2.09. The van der Waals surface area contributed by atoms with Gasteiger partial charge >= 0.3 is 24.6 Å². The highest BCUT2D eigenvalue weighted by atomic mass is 19.4. The van der Waals surface area contributed by atoms with Crippen LogP contribution in [0.1, 0.15) is 22.3 Å². The number of urea groups is 1. The average molecular weight is 443 g/mol. The number of anilines is 1.